The Labute approximate surface area is 132 Å². The maximum atomic E-state index is 12.7. The minimum absolute atomic E-state index is 0.0415. The van der Waals surface area contributed by atoms with E-state index in [-0.39, 0.29) is 15.8 Å². The summed E-state index contributed by atoms with van der Waals surface area (Å²) in [5, 5.41) is 5.07. The van der Waals surface area contributed by atoms with Gasteiger partial charge in [0.15, 0.2) is 0 Å². The van der Waals surface area contributed by atoms with Crippen LogP contribution in [0.5, 0.6) is 0 Å². The lowest BCUT2D eigenvalue weighted by Gasteiger charge is -2.32. The van der Waals surface area contributed by atoms with E-state index in [1.807, 2.05) is 0 Å². The predicted octanol–water partition coefficient (Wildman–Crippen LogP) is 1.53. The van der Waals surface area contributed by atoms with Crippen molar-refractivity contribution in [2.45, 2.75) is 48.4 Å². The number of sulfonamides is 2. The first-order chi connectivity index (χ1) is 10.1. The Balaban J connectivity index is 2.30. The first-order valence-corrected chi connectivity index (χ1v) is 10.2. The second-order valence-corrected chi connectivity index (χ2v) is 9.51. The van der Waals surface area contributed by atoms with Crippen LogP contribution < -0.4 is 5.14 Å². The molecule has 1 fully saturated rings. The summed E-state index contributed by atoms with van der Waals surface area (Å²) in [6, 6.07) is 5.15. The maximum absolute atomic E-state index is 12.7. The van der Waals surface area contributed by atoms with Crippen molar-refractivity contribution in [2.75, 3.05) is 7.05 Å². The summed E-state index contributed by atoms with van der Waals surface area (Å²) in [6.07, 6.45) is 3.65. The van der Waals surface area contributed by atoms with Crippen LogP contribution in [0.2, 0.25) is 0 Å². The molecule has 0 aliphatic heterocycles. The number of benzene rings is 1. The highest BCUT2D eigenvalue weighted by atomic mass is 32.2. The van der Waals surface area contributed by atoms with Crippen LogP contribution in [0.3, 0.4) is 0 Å². The van der Waals surface area contributed by atoms with Gasteiger partial charge in [-0.15, -0.1) is 0 Å². The minimum atomic E-state index is -3.93. The highest BCUT2D eigenvalue weighted by Crippen LogP contribution is 2.29. The first kappa shape index (κ1) is 17.4. The highest BCUT2D eigenvalue weighted by Gasteiger charge is 2.31. The van der Waals surface area contributed by atoms with Gasteiger partial charge < -0.3 is 0 Å². The zero-order valence-corrected chi connectivity index (χ0v) is 14.4. The molecule has 0 heterocycles. The van der Waals surface area contributed by atoms with Gasteiger partial charge in [-0.2, -0.15) is 4.31 Å². The molecule has 1 aliphatic rings. The number of nitrogens with two attached hydrogens (primary N) is 1. The van der Waals surface area contributed by atoms with E-state index in [0.717, 1.165) is 31.7 Å². The number of hydrogen-bond donors (Lipinski definition) is 1. The molecule has 0 bridgehead atoms. The van der Waals surface area contributed by atoms with Gasteiger partial charge in [0, 0.05) is 13.1 Å². The molecule has 0 saturated heterocycles. The minimum Gasteiger partial charge on any atom is -0.225 e. The number of hydrogen-bond acceptors (Lipinski definition) is 4. The average molecular weight is 346 g/mol. The molecule has 1 saturated carbocycles. The molecular weight excluding hydrogens is 324 g/mol. The van der Waals surface area contributed by atoms with Crippen LogP contribution in [-0.4, -0.2) is 34.2 Å². The van der Waals surface area contributed by atoms with Gasteiger partial charge >= 0.3 is 0 Å². The van der Waals surface area contributed by atoms with Crippen molar-refractivity contribution in [3.63, 3.8) is 0 Å². The van der Waals surface area contributed by atoms with Gasteiger partial charge in [-0.1, -0.05) is 13.0 Å². The van der Waals surface area contributed by atoms with Crippen molar-refractivity contribution in [3.8, 4) is 0 Å². The number of nitrogens with zero attached hydrogens (tertiary/aromatic N) is 1. The van der Waals surface area contributed by atoms with E-state index in [9.17, 15) is 16.8 Å². The van der Waals surface area contributed by atoms with E-state index in [1.165, 1.54) is 22.5 Å². The van der Waals surface area contributed by atoms with E-state index in [0.29, 0.717) is 5.92 Å². The van der Waals surface area contributed by atoms with E-state index >= 15 is 0 Å². The quantitative estimate of drug-likeness (QED) is 0.894. The Morgan fingerprint density at radius 3 is 2.14 bits per heavy atom. The largest absolute Gasteiger partial charge is 0.243 e. The lowest BCUT2D eigenvalue weighted by molar-refractivity contribution is 0.246. The third kappa shape index (κ3) is 3.68. The standard InChI is InChI=1S/C14H22N2O4S2/c1-11-6-8-12(9-7-11)16(2)22(19,20)14-5-3-4-13(10-14)21(15,17)18/h3-5,10-12H,6-9H2,1-2H3,(H2,15,17,18). The van der Waals surface area contributed by atoms with E-state index < -0.39 is 20.0 Å². The van der Waals surface area contributed by atoms with Crippen molar-refractivity contribution in [1.29, 1.82) is 0 Å². The Morgan fingerprint density at radius 1 is 1.05 bits per heavy atom. The van der Waals surface area contributed by atoms with Gasteiger partial charge in [-0.25, -0.2) is 22.0 Å². The molecule has 6 nitrogen and oxygen atoms in total. The van der Waals surface area contributed by atoms with Gasteiger partial charge in [0.05, 0.1) is 9.79 Å². The van der Waals surface area contributed by atoms with Gasteiger partial charge in [-0.05, 0) is 49.8 Å². The molecule has 0 spiro atoms. The normalized spacial score (nSPS) is 23.6. The van der Waals surface area contributed by atoms with E-state index in [1.54, 1.807) is 7.05 Å². The van der Waals surface area contributed by atoms with Crippen LogP contribution in [0.25, 0.3) is 0 Å². The maximum Gasteiger partial charge on any atom is 0.243 e. The van der Waals surface area contributed by atoms with Gasteiger partial charge in [0.1, 0.15) is 0 Å². The van der Waals surface area contributed by atoms with E-state index in [4.69, 9.17) is 5.14 Å². The Hall–Kier alpha value is -0.960. The molecule has 0 unspecified atom stereocenters. The van der Waals surface area contributed by atoms with Crippen molar-refractivity contribution in [2.24, 2.45) is 11.1 Å². The zero-order chi connectivity index (χ0) is 16.5. The molecule has 0 amide bonds. The summed E-state index contributed by atoms with van der Waals surface area (Å²) < 4.78 is 49.5. The molecule has 1 aliphatic carbocycles. The molecule has 124 valence electrons. The Kier molecular flexibility index (Phi) is 4.96. The fourth-order valence-electron chi connectivity index (χ4n) is 2.78. The first-order valence-electron chi connectivity index (χ1n) is 7.23. The molecule has 22 heavy (non-hydrogen) atoms. The summed E-state index contributed by atoms with van der Waals surface area (Å²) in [5.74, 6) is 0.623. The van der Waals surface area contributed by atoms with Crippen molar-refractivity contribution >= 4 is 20.0 Å². The third-order valence-electron chi connectivity index (χ3n) is 4.31. The predicted molar refractivity (Wildman–Crippen MR) is 84.2 cm³/mol. The van der Waals surface area contributed by atoms with Crippen molar-refractivity contribution in [1.82, 2.24) is 4.31 Å². The number of primary sulfonamides is 1. The molecule has 8 heteroatoms. The number of rotatable bonds is 4. The topological polar surface area (TPSA) is 97.5 Å². The van der Waals surface area contributed by atoms with Crippen LogP contribution in [0.15, 0.2) is 34.1 Å². The van der Waals surface area contributed by atoms with Crippen LogP contribution >= 0.6 is 0 Å². The van der Waals surface area contributed by atoms with Crippen molar-refractivity contribution < 1.29 is 16.8 Å². The third-order valence-corrected chi connectivity index (χ3v) is 7.13. The molecule has 0 atom stereocenters. The van der Waals surface area contributed by atoms with Crippen LogP contribution in [0.4, 0.5) is 0 Å². The molecule has 2 N–H and O–H groups in total. The molecule has 0 aromatic heterocycles. The molecule has 1 aromatic rings. The fraction of sp³-hybridized carbons (Fsp3) is 0.571. The van der Waals surface area contributed by atoms with Crippen molar-refractivity contribution in [3.05, 3.63) is 24.3 Å². The fourth-order valence-corrected chi connectivity index (χ4v) is 4.88. The van der Waals surface area contributed by atoms with Crippen LogP contribution in [0, 0.1) is 5.92 Å². The molecule has 1 aromatic carbocycles. The second-order valence-electron chi connectivity index (χ2n) is 5.95. The Bertz CT molecular complexity index is 736. The monoisotopic (exact) mass is 346 g/mol. The smallest absolute Gasteiger partial charge is 0.225 e. The average Bonchev–Trinajstić information content (AvgIpc) is 2.46. The Morgan fingerprint density at radius 2 is 1.59 bits per heavy atom. The molecule has 0 radical (unpaired) electrons. The zero-order valence-electron chi connectivity index (χ0n) is 12.8. The summed E-state index contributed by atoms with van der Waals surface area (Å²) in [7, 11) is -6.10. The summed E-state index contributed by atoms with van der Waals surface area (Å²) in [5.41, 5.74) is 0. The van der Waals surface area contributed by atoms with Gasteiger partial charge in [0.2, 0.25) is 20.0 Å². The van der Waals surface area contributed by atoms with Gasteiger partial charge in [0.25, 0.3) is 0 Å². The van der Waals surface area contributed by atoms with Crippen LogP contribution in [0.1, 0.15) is 32.6 Å². The highest BCUT2D eigenvalue weighted by molar-refractivity contribution is 7.90. The lowest BCUT2D eigenvalue weighted by atomic mass is 9.87. The lowest BCUT2D eigenvalue weighted by Crippen LogP contribution is -2.39. The molecular formula is C14H22N2O4S2. The summed E-state index contributed by atoms with van der Waals surface area (Å²) in [6.45, 7) is 2.17. The SMILES string of the molecule is CC1CCC(N(C)S(=O)(=O)c2cccc(S(N)(=O)=O)c2)CC1. The summed E-state index contributed by atoms with van der Waals surface area (Å²) >= 11 is 0. The van der Waals surface area contributed by atoms with Gasteiger partial charge in [-0.3, -0.25) is 0 Å². The van der Waals surface area contributed by atoms with E-state index in [2.05, 4.69) is 6.92 Å². The molecule has 2 rings (SSSR count). The second kappa shape index (κ2) is 6.27. The van der Waals surface area contributed by atoms with Crippen LogP contribution in [-0.2, 0) is 20.0 Å². The summed E-state index contributed by atoms with van der Waals surface area (Å²) in [4.78, 5) is -0.237.